The summed E-state index contributed by atoms with van der Waals surface area (Å²) in [4.78, 5) is 22.6. The smallest absolute Gasteiger partial charge is 0.278 e. The summed E-state index contributed by atoms with van der Waals surface area (Å²) in [6, 6.07) is 0. The van der Waals surface area contributed by atoms with Crippen molar-refractivity contribution in [1.82, 2.24) is 14.9 Å². The van der Waals surface area contributed by atoms with Crippen LogP contribution in [0.3, 0.4) is 0 Å². The number of carbonyl (C=O) groups excluding carboxylic acids is 1. The van der Waals surface area contributed by atoms with Crippen molar-refractivity contribution in [3.8, 4) is 11.8 Å². The van der Waals surface area contributed by atoms with Gasteiger partial charge in [-0.2, -0.15) is 0 Å². The molecule has 0 radical (unpaired) electrons. The molecule has 0 aliphatic carbocycles. The molecule has 0 bridgehead atoms. The van der Waals surface area contributed by atoms with Gasteiger partial charge in [0.1, 0.15) is 6.10 Å². The monoisotopic (exact) mass is 307 g/mol. The number of nitrogens with zero attached hydrogens (tertiary/aromatic N) is 3. The van der Waals surface area contributed by atoms with Gasteiger partial charge >= 0.3 is 0 Å². The van der Waals surface area contributed by atoms with E-state index in [-0.39, 0.29) is 17.9 Å². The molecule has 0 saturated carbocycles. The lowest BCUT2D eigenvalue weighted by molar-refractivity contribution is -0.138. The van der Waals surface area contributed by atoms with E-state index in [1.165, 1.54) is 7.11 Å². The maximum absolute atomic E-state index is 12.5. The molecule has 2 aliphatic rings. The van der Waals surface area contributed by atoms with Crippen LogP contribution < -0.4 is 9.47 Å². The van der Waals surface area contributed by atoms with Crippen LogP contribution in [0, 0.1) is 5.92 Å². The van der Waals surface area contributed by atoms with Crippen LogP contribution in [0.25, 0.3) is 0 Å². The summed E-state index contributed by atoms with van der Waals surface area (Å²) in [5.41, 5.74) is 0. The van der Waals surface area contributed by atoms with Crippen molar-refractivity contribution < 1.29 is 19.0 Å². The molecular weight excluding hydrogens is 286 g/mol. The number of carbonyl (C=O) groups is 1. The molecule has 0 aromatic carbocycles. The highest BCUT2D eigenvalue weighted by molar-refractivity contribution is 5.79. The van der Waals surface area contributed by atoms with E-state index >= 15 is 0 Å². The number of amides is 1. The molecule has 1 amide bonds. The predicted octanol–water partition coefficient (Wildman–Crippen LogP) is 0.891. The van der Waals surface area contributed by atoms with Gasteiger partial charge in [-0.15, -0.1) is 0 Å². The molecule has 7 nitrogen and oxygen atoms in total. The molecule has 120 valence electrons. The fraction of sp³-hybridized carbons (Fsp3) is 0.667. The number of methoxy groups -OCH3 is 1. The number of piperidine rings is 1. The van der Waals surface area contributed by atoms with Gasteiger partial charge in [0, 0.05) is 25.5 Å². The van der Waals surface area contributed by atoms with Gasteiger partial charge in [-0.3, -0.25) is 4.79 Å². The van der Waals surface area contributed by atoms with Crippen LogP contribution in [-0.4, -0.2) is 60.3 Å². The minimum Gasteiger partial charge on any atom is -0.477 e. The number of hydrogen-bond donors (Lipinski definition) is 0. The second-order valence-electron chi connectivity index (χ2n) is 5.60. The summed E-state index contributed by atoms with van der Waals surface area (Å²) in [5, 5.41) is 0. The molecule has 7 heteroatoms. The van der Waals surface area contributed by atoms with Gasteiger partial charge in [0.15, 0.2) is 0 Å². The normalized spacial score (nSPS) is 25.0. The average molecular weight is 307 g/mol. The minimum atomic E-state index is -0.0781. The summed E-state index contributed by atoms with van der Waals surface area (Å²) in [7, 11) is 1.54. The number of likely N-dealkylation sites (tertiary alicyclic amines) is 1. The van der Waals surface area contributed by atoms with Crippen molar-refractivity contribution in [2.45, 2.75) is 25.4 Å². The molecular formula is C15H21N3O4. The van der Waals surface area contributed by atoms with Crippen molar-refractivity contribution >= 4 is 5.91 Å². The quantitative estimate of drug-likeness (QED) is 0.822. The van der Waals surface area contributed by atoms with E-state index in [2.05, 4.69) is 9.97 Å². The maximum Gasteiger partial charge on any atom is 0.278 e. The van der Waals surface area contributed by atoms with Crippen LogP contribution >= 0.6 is 0 Å². The third-order valence-corrected chi connectivity index (χ3v) is 4.07. The largest absolute Gasteiger partial charge is 0.477 e. The standard InChI is InChI=1S/C15H21N3O4/c1-20-13-14(17-6-5-16-13)22-12-3-2-7-18(9-12)15(19)11-4-8-21-10-11/h5-6,11-12H,2-4,7-10H2,1H3/t11-,12-/m0/s1. The first-order valence-corrected chi connectivity index (χ1v) is 7.66. The Hall–Kier alpha value is -1.89. The highest BCUT2D eigenvalue weighted by Crippen LogP contribution is 2.25. The molecule has 3 rings (SSSR count). The van der Waals surface area contributed by atoms with Gasteiger partial charge < -0.3 is 19.1 Å². The average Bonchev–Trinajstić information content (AvgIpc) is 3.09. The maximum atomic E-state index is 12.5. The lowest BCUT2D eigenvalue weighted by Crippen LogP contribution is -2.46. The molecule has 2 atom stereocenters. The van der Waals surface area contributed by atoms with Crippen LogP contribution in [0.4, 0.5) is 0 Å². The van der Waals surface area contributed by atoms with Crippen molar-refractivity contribution in [1.29, 1.82) is 0 Å². The zero-order valence-corrected chi connectivity index (χ0v) is 12.7. The molecule has 0 spiro atoms. The molecule has 0 N–H and O–H groups in total. The Kier molecular flexibility index (Phi) is 4.72. The fourth-order valence-corrected chi connectivity index (χ4v) is 2.91. The molecule has 2 fully saturated rings. The van der Waals surface area contributed by atoms with E-state index in [0.29, 0.717) is 31.5 Å². The highest BCUT2D eigenvalue weighted by atomic mass is 16.5. The Labute approximate surface area is 129 Å². The Morgan fingerprint density at radius 1 is 1.32 bits per heavy atom. The first kappa shape index (κ1) is 15.0. The lowest BCUT2D eigenvalue weighted by Gasteiger charge is -2.34. The van der Waals surface area contributed by atoms with E-state index in [0.717, 1.165) is 25.8 Å². The van der Waals surface area contributed by atoms with Crippen molar-refractivity contribution in [3.05, 3.63) is 12.4 Å². The van der Waals surface area contributed by atoms with E-state index < -0.39 is 0 Å². The van der Waals surface area contributed by atoms with Gasteiger partial charge in [-0.05, 0) is 19.3 Å². The van der Waals surface area contributed by atoms with E-state index in [1.807, 2.05) is 4.90 Å². The molecule has 1 aromatic heterocycles. The molecule has 2 aliphatic heterocycles. The van der Waals surface area contributed by atoms with Crippen LogP contribution in [0.1, 0.15) is 19.3 Å². The summed E-state index contributed by atoms with van der Waals surface area (Å²) in [5.74, 6) is 0.936. The van der Waals surface area contributed by atoms with E-state index in [4.69, 9.17) is 14.2 Å². The zero-order chi connectivity index (χ0) is 15.4. The van der Waals surface area contributed by atoms with E-state index in [1.54, 1.807) is 12.4 Å². The van der Waals surface area contributed by atoms with Crippen molar-refractivity contribution in [3.63, 3.8) is 0 Å². The number of rotatable bonds is 4. The Balaban J connectivity index is 1.61. The van der Waals surface area contributed by atoms with Gasteiger partial charge in [0.25, 0.3) is 11.8 Å². The molecule has 2 saturated heterocycles. The van der Waals surface area contributed by atoms with Crippen molar-refractivity contribution in [2.75, 3.05) is 33.4 Å². The van der Waals surface area contributed by atoms with Gasteiger partial charge in [-0.25, -0.2) is 9.97 Å². The summed E-state index contributed by atoms with van der Waals surface area (Å²) in [6.45, 7) is 2.58. The number of hydrogen-bond acceptors (Lipinski definition) is 6. The Bertz CT molecular complexity index is 519. The third kappa shape index (κ3) is 3.30. The van der Waals surface area contributed by atoms with Gasteiger partial charge in [-0.1, -0.05) is 0 Å². The second kappa shape index (κ2) is 6.91. The van der Waals surface area contributed by atoms with Crippen LogP contribution in [0.5, 0.6) is 11.8 Å². The lowest BCUT2D eigenvalue weighted by atomic mass is 10.0. The molecule has 1 aromatic rings. The van der Waals surface area contributed by atoms with Crippen LogP contribution in [0.15, 0.2) is 12.4 Å². The Morgan fingerprint density at radius 3 is 2.86 bits per heavy atom. The van der Waals surface area contributed by atoms with Gasteiger partial charge in [0.05, 0.1) is 26.2 Å². The molecule has 3 heterocycles. The fourth-order valence-electron chi connectivity index (χ4n) is 2.91. The first-order valence-electron chi connectivity index (χ1n) is 7.66. The predicted molar refractivity (Wildman–Crippen MR) is 77.7 cm³/mol. The number of ether oxygens (including phenoxy) is 3. The summed E-state index contributed by atoms with van der Waals surface area (Å²) in [6.07, 6.45) is 5.68. The SMILES string of the molecule is COc1nccnc1O[C@H]1CCCN(C(=O)[C@H]2CCOC2)C1. The summed E-state index contributed by atoms with van der Waals surface area (Å²) < 4.78 is 16.4. The first-order chi connectivity index (χ1) is 10.8. The summed E-state index contributed by atoms with van der Waals surface area (Å²) >= 11 is 0. The number of aromatic nitrogens is 2. The zero-order valence-electron chi connectivity index (χ0n) is 12.7. The minimum absolute atomic E-state index is 0.00445. The topological polar surface area (TPSA) is 73.8 Å². The van der Waals surface area contributed by atoms with Gasteiger partial charge in [0.2, 0.25) is 5.91 Å². The molecule has 22 heavy (non-hydrogen) atoms. The highest BCUT2D eigenvalue weighted by Gasteiger charge is 2.32. The van der Waals surface area contributed by atoms with Crippen LogP contribution in [0.2, 0.25) is 0 Å². The van der Waals surface area contributed by atoms with Crippen molar-refractivity contribution in [2.24, 2.45) is 5.92 Å². The van der Waals surface area contributed by atoms with E-state index in [9.17, 15) is 4.79 Å². The van der Waals surface area contributed by atoms with Crippen LogP contribution in [-0.2, 0) is 9.53 Å². The third-order valence-electron chi connectivity index (χ3n) is 4.07. The second-order valence-corrected chi connectivity index (χ2v) is 5.60. The molecule has 0 unspecified atom stereocenters. The Morgan fingerprint density at radius 2 is 2.14 bits per heavy atom.